The van der Waals surface area contributed by atoms with Crippen LogP contribution < -0.4 is 10.6 Å². The van der Waals surface area contributed by atoms with Crippen molar-refractivity contribution in [2.45, 2.75) is 44.2 Å². The molecule has 1 fully saturated rings. The fourth-order valence-corrected chi connectivity index (χ4v) is 3.85. The van der Waals surface area contributed by atoms with Gasteiger partial charge in [-0.2, -0.15) is 13.2 Å². The van der Waals surface area contributed by atoms with E-state index in [9.17, 15) is 18.0 Å². The number of halogens is 4. The molecule has 0 radical (unpaired) electrons. The van der Waals surface area contributed by atoms with E-state index in [1.165, 1.54) is 0 Å². The zero-order valence-electron chi connectivity index (χ0n) is 15.0. The number of nitrogens with one attached hydrogen (secondary N) is 2. The zero-order chi connectivity index (χ0) is 18.4. The summed E-state index contributed by atoms with van der Waals surface area (Å²) in [6.07, 6.45) is -1.72. The maximum absolute atomic E-state index is 12.5. The number of alkyl halides is 3. The Morgan fingerprint density at radius 1 is 1.35 bits per heavy atom. The number of piperidine rings is 1. The SMILES string of the molecule is Cc1ccc(SCC(F)(F)F)c(NC(=O)CC(C)C2CCNCC2)c1.Cl. The maximum atomic E-state index is 12.5. The second-order valence-electron chi connectivity index (χ2n) is 6.72. The lowest BCUT2D eigenvalue weighted by Gasteiger charge is -2.28. The molecule has 1 saturated heterocycles. The number of aryl methyl sites for hydroxylation is 1. The summed E-state index contributed by atoms with van der Waals surface area (Å²) >= 11 is 0.704. The van der Waals surface area contributed by atoms with E-state index in [2.05, 4.69) is 17.6 Å². The summed E-state index contributed by atoms with van der Waals surface area (Å²) in [7, 11) is 0. The number of hydrogen-bond donors (Lipinski definition) is 2. The van der Waals surface area contributed by atoms with Crippen LogP contribution in [0.5, 0.6) is 0 Å². The van der Waals surface area contributed by atoms with E-state index in [0.29, 0.717) is 34.7 Å². The average Bonchev–Trinajstić information content (AvgIpc) is 2.54. The highest BCUT2D eigenvalue weighted by Crippen LogP contribution is 2.33. The van der Waals surface area contributed by atoms with Gasteiger partial charge in [0, 0.05) is 11.3 Å². The summed E-state index contributed by atoms with van der Waals surface area (Å²) in [6, 6.07) is 5.12. The van der Waals surface area contributed by atoms with Crippen LogP contribution in [0.1, 0.15) is 31.7 Å². The van der Waals surface area contributed by atoms with E-state index in [0.717, 1.165) is 31.5 Å². The van der Waals surface area contributed by atoms with Crippen molar-refractivity contribution in [2.75, 3.05) is 24.2 Å². The van der Waals surface area contributed by atoms with Gasteiger partial charge in [-0.15, -0.1) is 24.2 Å². The van der Waals surface area contributed by atoms with Crippen molar-refractivity contribution < 1.29 is 18.0 Å². The van der Waals surface area contributed by atoms with Crippen molar-refractivity contribution >= 4 is 35.8 Å². The number of carbonyl (C=O) groups excluding carboxylic acids is 1. The molecular weight excluding hydrogens is 385 g/mol. The number of amides is 1. The van der Waals surface area contributed by atoms with Crippen LogP contribution in [0.4, 0.5) is 18.9 Å². The number of rotatable bonds is 6. The normalized spacial score (nSPS) is 16.7. The molecule has 1 aliphatic rings. The molecular formula is C18H26ClF3N2OS. The molecule has 1 amide bonds. The fraction of sp³-hybridized carbons (Fsp3) is 0.611. The quantitative estimate of drug-likeness (QED) is 0.646. The number of carbonyl (C=O) groups is 1. The number of hydrogen-bond acceptors (Lipinski definition) is 3. The predicted molar refractivity (Wildman–Crippen MR) is 103 cm³/mol. The molecule has 0 aliphatic carbocycles. The molecule has 1 aromatic carbocycles. The predicted octanol–water partition coefficient (Wildman–Crippen LogP) is 5.04. The minimum Gasteiger partial charge on any atom is -0.325 e. The van der Waals surface area contributed by atoms with E-state index in [4.69, 9.17) is 0 Å². The summed E-state index contributed by atoms with van der Waals surface area (Å²) in [6.45, 7) is 5.89. The van der Waals surface area contributed by atoms with Gasteiger partial charge in [-0.05, 0) is 62.4 Å². The Labute approximate surface area is 163 Å². The van der Waals surface area contributed by atoms with E-state index >= 15 is 0 Å². The zero-order valence-corrected chi connectivity index (χ0v) is 16.6. The molecule has 148 valence electrons. The Morgan fingerprint density at radius 2 is 2.00 bits per heavy atom. The topological polar surface area (TPSA) is 41.1 Å². The first kappa shape index (κ1) is 23.1. The molecule has 1 aliphatic heterocycles. The van der Waals surface area contributed by atoms with Crippen molar-refractivity contribution in [1.82, 2.24) is 5.32 Å². The lowest BCUT2D eigenvalue weighted by molar-refractivity contribution is -0.117. The van der Waals surface area contributed by atoms with Crippen LogP contribution >= 0.6 is 24.2 Å². The highest BCUT2D eigenvalue weighted by atomic mass is 35.5. The van der Waals surface area contributed by atoms with Crippen molar-refractivity contribution in [1.29, 1.82) is 0 Å². The Balaban J connectivity index is 0.00000338. The van der Waals surface area contributed by atoms with Crippen LogP contribution in [0.2, 0.25) is 0 Å². The van der Waals surface area contributed by atoms with Crippen molar-refractivity contribution in [3.8, 4) is 0 Å². The van der Waals surface area contributed by atoms with Crippen LogP contribution in [0.3, 0.4) is 0 Å². The summed E-state index contributed by atoms with van der Waals surface area (Å²) in [5.74, 6) is -0.322. The molecule has 26 heavy (non-hydrogen) atoms. The largest absolute Gasteiger partial charge is 0.398 e. The number of benzene rings is 1. The van der Waals surface area contributed by atoms with Crippen LogP contribution in [0.25, 0.3) is 0 Å². The molecule has 1 unspecified atom stereocenters. The highest BCUT2D eigenvalue weighted by Gasteiger charge is 2.28. The van der Waals surface area contributed by atoms with Crippen molar-refractivity contribution in [2.24, 2.45) is 11.8 Å². The first-order valence-corrected chi connectivity index (χ1v) is 9.54. The molecule has 1 heterocycles. The van der Waals surface area contributed by atoms with E-state index in [-0.39, 0.29) is 24.2 Å². The number of anilines is 1. The Morgan fingerprint density at radius 3 is 2.62 bits per heavy atom. The molecule has 3 nitrogen and oxygen atoms in total. The minimum atomic E-state index is -4.24. The highest BCUT2D eigenvalue weighted by molar-refractivity contribution is 7.99. The fourth-order valence-electron chi connectivity index (χ4n) is 3.10. The van der Waals surface area contributed by atoms with Gasteiger partial charge >= 0.3 is 6.18 Å². The third-order valence-corrected chi connectivity index (χ3v) is 5.64. The van der Waals surface area contributed by atoms with Gasteiger partial charge in [0.25, 0.3) is 0 Å². The summed E-state index contributed by atoms with van der Waals surface area (Å²) < 4.78 is 37.4. The van der Waals surface area contributed by atoms with Crippen molar-refractivity contribution in [3.63, 3.8) is 0 Å². The first-order chi connectivity index (χ1) is 11.7. The van der Waals surface area contributed by atoms with Gasteiger partial charge in [-0.25, -0.2) is 0 Å². The molecule has 2 N–H and O–H groups in total. The summed E-state index contributed by atoms with van der Waals surface area (Å²) in [5, 5.41) is 6.12. The van der Waals surface area contributed by atoms with Gasteiger partial charge < -0.3 is 10.6 Å². The number of thioether (sulfide) groups is 1. The van der Waals surface area contributed by atoms with Gasteiger partial charge in [0.2, 0.25) is 5.91 Å². The van der Waals surface area contributed by atoms with E-state index in [1.807, 2.05) is 6.92 Å². The van der Waals surface area contributed by atoms with E-state index < -0.39 is 11.9 Å². The lowest BCUT2D eigenvalue weighted by atomic mass is 9.84. The van der Waals surface area contributed by atoms with Gasteiger partial charge in [0.05, 0.1) is 11.4 Å². The Kier molecular flexibility index (Phi) is 9.27. The molecule has 8 heteroatoms. The molecule has 0 bridgehead atoms. The van der Waals surface area contributed by atoms with Crippen molar-refractivity contribution in [3.05, 3.63) is 23.8 Å². The molecule has 0 aromatic heterocycles. The minimum absolute atomic E-state index is 0. The molecule has 0 saturated carbocycles. The summed E-state index contributed by atoms with van der Waals surface area (Å²) in [4.78, 5) is 12.8. The molecule has 2 rings (SSSR count). The maximum Gasteiger partial charge on any atom is 0.398 e. The third kappa shape index (κ3) is 7.76. The molecule has 1 atom stereocenters. The van der Waals surface area contributed by atoms with Crippen LogP contribution in [0, 0.1) is 18.8 Å². The second-order valence-corrected chi connectivity index (χ2v) is 7.74. The molecule has 0 spiro atoms. The molecule has 1 aromatic rings. The van der Waals surface area contributed by atoms with Gasteiger partial charge in [-0.3, -0.25) is 4.79 Å². The van der Waals surface area contributed by atoms with Gasteiger partial charge in [0.1, 0.15) is 0 Å². The van der Waals surface area contributed by atoms with Crippen LogP contribution in [0.15, 0.2) is 23.1 Å². The van der Waals surface area contributed by atoms with Gasteiger partial charge in [0.15, 0.2) is 0 Å². The Hall–Kier alpha value is -0.920. The van der Waals surface area contributed by atoms with Crippen LogP contribution in [-0.4, -0.2) is 30.9 Å². The standard InChI is InChI=1S/C18H25F3N2OS.ClH/c1-12-3-4-16(25-11-18(19,20)21)15(9-12)23-17(24)10-13(2)14-5-7-22-8-6-14;/h3-4,9,13-14,22H,5-8,10-11H2,1-2H3,(H,23,24);1H. The average molecular weight is 411 g/mol. The Bertz CT molecular complexity index is 592. The first-order valence-electron chi connectivity index (χ1n) is 8.55. The van der Waals surface area contributed by atoms with E-state index in [1.54, 1.807) is 18.2 Å². The third-order valence-electron chi connectivity index (χ3n) is 4.50. The van der Waals surface area contributed by atoms with Gasteiger partial charge in [-0.1, -0.05) is 13.0 Å². The monoisotopic (exact) mass is 410 g/mol. The lowest BCUT2D eigenvalue weighted by Crippen LogP contribution is -2.32. The smallest absolute Gasteiger partial charge is 0.325 e. The second kappa shape index (κ2) is 10.4. The summed E-state index contributed by atoms with van der Waals surface area (Å²) in [5.41, 5.74) is 1.37. The van der Waals surface area contributed by atoms with Crippen LogP contribution in [-0.2, 0) is 4.79 Å².